The minimum absolute atomic E-state index is 0.0141. The summed E-state index contributed by atoms with van der Waals surface area (Å²) in [7, 11) is 0. The van der Waals surface area contributed by atoms with Gasteiger partial charge in [0, 0.05) is 0 Å². The highest BCUT2D eigenvalue weighted by atomic mass is 16.7. The first-order valence-electron chi connectivity index (χ1n) is 7.67. The number of carbonyl (C=O) groups is 2. The molecular formula is C18H27NO6. The molecule has 0 aliphatic heterocycles. The van der Waals surface area contributed by atoms with Crippen LogP contribution in [0.5, 0.6) is 0 Å². The van der Waals surface area contributed by atoms with Crippen LogP contribution in [0.4, 0.5) is 9.59 Å². The van der Waals surface area contributed by atoms with E-state index in [0.717, 1.165) is 0 Å². The van der Waals surface area contributed by atoms with Crippen molar-refractivity contribution in [1.82, 2.24) is 5.32 Å². The zero-order valence-corrected chi connectivity index (χ0v) is 15.0. The second-order valence-corrected chi connectivity index (χ2v) is 5.96. The molecule has 0 bridgehead atoms. The van der Waals surface area contributed by atoms with Crippen molar-refractivity contribution in [3.63, 3.8) is 0 Å². The third-order valence-corrected chi connectivity index (χ3v) is 2.67. The lowest BCUT2D eigenvalue weighted by atomic mass is 10.0. The fraction of sp³-hybridized carbons (Fsp3) is 0.444. The highest BCUT2D eigenvalue weighted by molar-refractivity contribution is 5.68. The fourth-order valence-corrected chi connectivity index (χ4v) is 1.65. The Balaban J connectivity index is 5.09. The van der Waals surface area contributed by atoms with Crippen molar-refractivity contribution in [3.8, 4) is 0 Å². The molecule has 0 radical (unpaired) electrons. The Labute approximate surface area is 148 Å². The molecule has 0 heterocycles. The molecule has 25 heavy (non-hydrogen) atoms. The summed E-state index contributed by atoms with van der Waals surface area (Å²) in [6.07, 6.45) is 2.87. The second kappa shape index (κ2) is 11.1. The molecular weight excluding hydrogens is 326 g/mol. The van der Waals surface area contributed by atoms with Gasteiger partial charge in [0.1, 0.15) is 24.9 Å². The highest BCUT2D eigenvalue weighted by Crippen LogP contribution is 2.12. The van der Waals surface area contributed by atoms with Crippen LogP contribution in [0.2, 0.25) is 0 Å². The molecule has 2 N–H and O–H groups in total. The minimum atomic E-state index is -1.20. The number of hydrogen-bond donors (Lipinski definition) is 2. The van der Waals surface area contributed by atoms with Crippen LogP contribution in [0.25, 0.3) is 0 Å². The van der Waals surface area contributed by atoms with Crippen molar-refractivity contribution >= 4 is 12.2 Å². The normalized spacial score (nSPS) is 13.8. The summed E-state index contributed by atoms with van der Waals surface area (Å²) in [5.74, 6) is 0. The van der Waals surface area contributed by atoms with Crippen molar-refractivity contribution in [2.24, 2.45) is 0 Å². The van der Waals surface area contributed by atoms with Gasteiger partial charge in [-0.2, -0.15) is 0 Å². The van der Waals surface area contributed by atoms with Gasteiger partial charge < -0.3 is 24.6 Å². The smallest absolute Gasteiger partial charge is 0.444 e. The Hall–Kier alpha value is -2.54. The Kier molecular flexibility index (Phi) is 9.96. The molecule has 1 amide bonds. The molecule has 0 aliphatic carbocycles. The summed E-state index contributed by atoms with van der Waals surface area (Å²) in [6.45, 7) is 15.3. The Morgan fingerprint density at radius 3 is 2.32 bits per heavy atom. The number of alkyl carbamates (subject to hydrolysis) is 1. The average Bonchev–Trinajstić information content (AvgIpc) is 2.52. The zero-order chi connectivity index (χ0) is 19.5. The number of hydrogen-bond acceptors (Lipinski definition) is 6. The number of carbonyl (C=O) groups excluding carboxylic acids is 2. The van der Waals surface area contributed by atoms with E-state index >= 15 is 0 Å². The van der Waals surface area contributed by atoms with Crippen LogP contribution in [0.3, 0.4) is 0 Å². The van der Waals surface area contributed by atoms with Crippen LogP contribution in [0, 0.1) is 0 Å². The average molecular weight is 353 g/mol. The topological polar surface area (TPSA) is 94.1 Å². The Morgan fingerprint density at radius 1 is 1.20 bits per heavy atom. The van der Waals surface area contributed by atoms with Crippen LogP contribution in [-0.4, -0.2) is 48.3 Å². The van der Waals surface area contributed by atoms with E-state index in [1.54, 1.807) is 20.8 Å². The van der Waals surface area contributed by atoms with Gasteiger partial charge in [-0.1, -0.05) is 44.0 Å². The van der Waals surface area contributed by atoms with Crippen LogP contribution in [0.1, 0.15) is 20.8 Å². The molecule has 7 nitrogen and oxygen atoms in total. The Bertz CT molecular complexity index is 518. The fourth-order valence-electron chi connectivity index (χ4n) is 1.65. The predicted octanol–water partition coefficient (Wildman–Crippen LogP) is 2.88. The number of ether oxygens (including phenoxy) is 3. The monoisotopic (exact) mass is 353 g/mol. The maximum absolute atomic E-state index is 12.0. The number of aliphatic hydroxyl groups excluding tert-OH is 1. The summed E-state index contributed by atoms with van der Waals surface area (Å²) < 4.78 is 14.7. The van der Waals surface area contributed by atoms with Crippen molar-refractivity contribution in [1.29, 1.82) is 0 Å². The quantitative estimate of drug-likeness (QED) is 0.376. The van der Waals surface area contributed by atoms with E-state index in [-0.39, 0.29) is 13.2 Å². The highest BCUT2D eigenvalue weighted by Gasteiger charge is 2.27. The standard InChI is InChI=1S/C18H27NO6/c1-7-10-13(9-3)15(20)14(12-24-17(22)23-11-8-2)19-16(21)25-18(4,5)6/h7-10,14-15,20H,1-3,11-12H2,4-6H3,(H,19,21)/b13-10+. The van der Waals surface area contributed by atoms with E-state index in [1.165, 1.54) is 24.3 Å². The van der Waals surface area contributed by atoms with Gasteiger partial charge in [-0.05, 0) is 26.3 Å². The van der Waals surface area contributed by atoms with Gasteiger partial charge in [-0.25, -0.2) is 9.59 Å². The number of rotatable bonds is 9. The molecule has 0 saturated heterocycles. The van der Waals surface area contributed by atoms with Gasteiger partial charge in [0.15, 0.2) is 0 Å². The lowest BCUT2D eigenvalue weighted by Gasteiger charge is -2.26. The number of nitrogens with one attached hydrogen (secondary N) is 1. The molecule has 2 unspecified atom stereocenters. The first-order chi connectivity index (χ1) is 11.6. The lowest BCUT2D eigenvalue weighted by molar-refractivity contribution is 0.0245. The van der Waals surface area contributed by atoms with Crippen molar-refractivity contribution < 1.29 is 28.9 Å². The molecule has 7 heteroatoms. The van der Waals surface area contributed by atoms with Crippen LogP contribution in [-0.2, 0) is 14.2 Å². The van der Waals surface area contributed by atoms with Gasteiger partial charge in [-0.3, -0.25) is 0 Å². The van der Waals surface area contributed by atoms with Crippen LogP contribution in [0.15, 0.2) is 49.6 Å². The molecule has 0 aromatic heterocycles. The molecule has 140 valence electrons. The molecule has 0 aromatic rings. The van der Waals surface area contributed by atoms with Crippen LogP contribution >= 0.6 is 0 Å². The predicted molar refractivity (Wildman–Crippen MR) is 95.1 cm³/mol. The first-order valence-corrected chi connectivity index (χ1v) is 7.67. The molecule has 0 rings (SSSR count). The van der Waals surface area contributed by atoms with Gasteiger partial charge in [-0.15, -0.1) is 0 Å². The minimum Gasteiger partial charge on any atom is -0.444 e. The molecule has 0 fully saturated rings. The third kappa shape index (κ3) is 10.0. The van der Waals surface area contributed by atoms with Crippen molar-refractivity contribution in [2.75, 3.05) is 13.2 Å². The molecule has 0 spiro atoms. The third-order valence-electron chi connectivity index (χ3n) is 2.67. The van der Waals surface area contributed by atoms with Crippen molar-refractivity contribution in [3.05, 3.63) is 49.6 Å². The first kappa shape index (κ1) is 22.5. The SMILES string of the molecule is C=C/C=C(\C=C)C(O)C(COC(=O)OCC=C)NC(=O)OC(C)(C)C. The van der Waals surface area contributed by atoms with E-state index < -0.39 is 30.0 Å². The summed E-state index contributed by atoms with van der Waals surface area (Å²) in [5, 5.41) is 12.9. The maximum Gasteiger partial charge on any atom is 0.508 e. The van der Waals surface area contributed by atoms with Gasteiger partial charge >= 0.3 is 12.2 Å². The maximum atomic E-state index is 12.0. The van der Waals surface area contributed by atoms with E-state index in [1.807, 2.05) is 0 Å². The second-order valence-electron chi connectivity index (χ2n) is 5.96. The van der Waals surface area contributed by atoms with E-state index in [2.05, 4.69) is 29.8 Å². The molecule has 2 atom stereocenters. The van der Waals surface area contributed by atoms with Gasteiger partial charge in [0.2, 0.25) is 0 Å². The van der Waals surface area contributed by atoms with Crippen molar-refractivity contribution in [2.45, 2.75) is 38.5 Å². The number of allylic oxidation sites excluding steroid dienone is 2. The summed E-state index contributed by atoms with van der Waals surface area (Å²) in [5.41, 5.74) is -0.333. The van der Waals surface area contributed by atoms with Crippen LogP contribution < -0.4 is 5.32 Å². The van der Waals surface area contributed by atoms with E-state index in [0.29, 0.717) is 5.57 Å². The van der Waals surface area contributed by atoms with Gasteiger partial charge in [0.25, 0.3) is 0 Å². The molecule has 0 aliphatic rings. The number of aliphatic hydroxyl groups is 1. The summed E-state index contributed by atoms with van der Waals surface area (Å²) >= 11 is 0. The lowest BCUT2D eigenvalue weighted by Crippen LogP contribution is -2.49. The molecule has 0 aromatic carbocycles. The van der Waals surface area contributed by atoms with E-state index in [4.69, 9.17) is 9.47 Å². The summed E-state index contributed by atoms with van der Waals surface area (Å²) in [4.78, 5) is 23.4. The van der Waals surface area contributed by atoms with E-state index in [9.17, 15) is 14.7 Å². The molecule has 0 saturated carbocycles. The number of amides is 1. The largest absolute Gasteiger partial charge is 0.508 e. The Morgan fingerprint density at radius 2 is 1.84 bits per heavy atom. The van der Waals surface area contributed by atoms with Gasteiger partial charge in [0.05, 0.1) is 6.04 Å². The summed E-state index contributed by atoms with van der Waals surface area (Å²) in [6, 6.07) is -0.977. The zero-order valence-electron chi connectivity index (χ0n) is 15.0.